The molecule has 0 saturated carbocycles. The molecule has 2 heterocycles. The Labute approximate surface area is 169 Å². The molecule has 2 aromatic carbocycles. The van der Waals surface area contributed by atoms with Crippen LogP contribution in [0.2, 0.25) is 0 Å². The number of hydrogen-bond acceptors (Lipinski definition) is 5. The van der Waals surface area contributed by atoms with Crippen LogP contribution >= 0.6 is 0 Å². The number of amides is 1. The van der Waals surface area contributed by atoms with Crippen LogP contribution in [0.5, 0.6) is 0 Å². The van der Waals surface area contributed by atoms with Gasteiger partial charge in [-0.2, -0.15) is 4.31 Å². The van der Waals surface area contributed by atoms with Gasteiger partial charge in [-0.1, -0.05) is 30.3 Å². The van der Waals surface area contributed by atoms with Crippen molar-refractivity contribution in [2.24, 2.45) is 0 Å². The van der Waals surface area contributed by atoms with Gasteiger partial charge in [0.1, 0.15) is 6.26 Å². The average Bonchev–Trinajstić information content (AvgIpc) is 3.16. The Balaban J connectivity index is 1.46. The first-order chi connectivity index (χ1) is 13.9. The minimum atomic E-state index is -3.24. The summed E-state index contributed by atoms with van der Waals surface area (Å²) in [5.41, 5.74) is 4.01. The van der Waals surface area contributed by atoms with E-state index in [4.69, 9.17) is 4.42 Å². The number of rotatable bonds is 5. The van der Waals surface area contributed by atoms with Crippen molar-refractivity contribution in [1.82, 2.24) is 9.29 Å². The summed E-state index contributed by atoms with van der Waals surface area (Å²) in [5.74, 6) is 0.281. The number of anilines is 1. The maximum Gasteiger partial charge on any atom is 0.230 e. The molecule has 0 fully saturated rings. The molecule has 29 heavy (non-hydrogen) atoms. The molecule has 0 aliphatic carbocycles. The number of carbonyl (C=O) groups is 1. The van der Waals surface area contributed by atoms with Gasteiger partial charge in [-0.05, 0) is 35.7 Å². The van der Waals surface area contributed by atoms with Crippen molar-refractivity contribution in [3.8, 4) is 11.5 Å². The van der Waals surface area contributed by atoms with Crippen molar-refractivity contribution in [2.75, 3.05) is 18.1 Å². The molecule has 0 bridgehead atoms. The van der Waals surface area contributed by atoms with Gasteiger partial charge in [0.25, 0.3) is 0 Å². The van der Waals surface area contributed by atoms with Crippen LogP contribution in [0.4, 0.5) is 5.69 Å². The molecule has 1 aliphatic heterocycles. The maximum absolute atomic E-state index is 12.5. The van der Waals surface area contributed by atoms with Gasteiger partial charge in [-0.3, -0.25) is 4.79 Å². The summed E-state index contributed by atoms with van der Waals surface area (Å²) in [6.45, 7) is 0.726. The summed E-state index contributed by atoms with van der Waals surface area (Å²) in [6, 6.07) is 15.1. The minimum absolute atomic E-state index is 0.0927. The van der Waals surface area contributed by atoms with Crippen molar-refractivity contribution < 1.29 is 17.6 Å². The molecule has 1 aliphatic rings. The van der Waals surface area contributed by atoms with Gasteiger partial charge in [0, 0.05) is 24.3 Å². The number of nitrogens with zero attached hydrogens (tertiary/aromatic N) is 2. The van der Waals surface area contributed by atoms with E-state index in [1.807, 2.05) is 48.5 Å². The fraction of sp³-hybridized carbons (Fsp3) is 0.238. The van der Waals surface area contributed by atoms with Gasteiger partial charge in [0.2, 0.25) is 21.8 Å². The highest BCUT2D eigenvalue weighted by Crippen LogP contribution is 2.27. The SMILES string of the molecule is CS(=O)(=O)N1CCc2c(cccc2NC(=O)Cc2coc(-c3ccccc3)n2)C1. The number of sulfonamides is 1. The van der Waals surface area contributed by atoms with Crippen molar-refractivity contribution >= 4 is 21.6 Å². The molecule has 7 nitrogen and oxygen atoms in total. The molecule has 0 spiro atoms. The smallest absolute Gasteiger partial charge is 0.230 e. The normalized spacial score (nSPS) is 14.4. The van der Waals surface area contributed by atoms with Gasteiger partial charge >= 0.3 is 0 Å². The summed E-state index contributed by atoms with van der Waals surface area (Å²) in [6.07, 6.45) is 3.36. The molecule has 0 atom stereocenters. The second-order valence-electron chi connectivity index (χ2n) is 7.02. The highest BCUT2D eigenvalue weighted by molar-refractivity contribution is 7.88. The standard InChI is InChI=1S/C21H21N3O4S/c1-29(26,27)24-11-10-18-16(13-24)8-5-9-19(18)23-20(25)12-17-14-28-21(22-17)15-6-3-2-4-7-15/h2-9,14H,10-13H2,1H3,(H,23,25). The molecule has 1 N–H and O–H groups in total. The third-order valence-corrected chi connectivity index (χ3v) is 6.14. The van der Waals surface area contributed by atoms with Gasteiger partial charge in [0.15, 0.2) is 0 Å². The van der Waals surface area contributed by atoms with Crippen LogP contribution in [0.25, 0.3) is 11.5 Å². The summed E-state index contributed by atoms with van der Waals surface area (Å²) in [7, 11) is -3.24. The van der Waals surface area contributed by atoms with Crippen molar-refractivity contribution in [3.63, 3.8) is 0 Å². The van der Waals surface area contributed by atoms with E-state index in [1.54, 1.807) is 0 Å². The molecular formula is C21H21N3O4S. The summed E-state index contributed by atoms with van der Waals surface area (Å²) >= 11 is 0. The fourth-order valence-electron chi connectivity index (χ4n) is 3.44. The Bertz CT molecular complexity index is 1140. The van der Waals surface area contributed by atoms with E-state index in [2.05, 4.69) is 10.3 Å². The Hall–Kier alpha value is -2.97. The van der Waals surface area contributed by atoms with E-state index >= 15 is 0 Å². The second kappa shape index (κ2) is 7.81. The van der Waals surface area contributed by atoms with Crippen molar-refractivity contribution in [3.05, 3.63) is 71.6 Å². The van der Waals surface area contributed by atoms with Crippen LogP contribution in [-0.4, -0.2) is 36.4 Å². The number of hydrogen-bond donors (Lipinski definition) is 1. The number of aromatic nitrogens is 1. The van der Waals surface area contributed by atoms with E-state index in [9.17, 15) is 13.2 Å². The van der Waals surface area contributed by atoms with E-state index in [-0.39, 0.29) is 12.3 Å². The van der Waals surface area contributed by atoms with Crippen molar-refractivity contribution in [2.45, 2.75) is 19.4 Å². The second-order valence-corrected chi connectivity index (χ2v) is 9.01. The lowest BCUT2D eigenvalue weighted by Gasteiger charge is -2.28. The van der Waals surface area contributed by atoms with Crippen LogP contribution in [0.1, 0.15) is 16.8 Å². The Morgan fingerprint density at radius 2 is 1.97 bits per heavy atom. The lowest BCUT2D eigenvalue weighted by atomic mass is 9.99. The quantitative estimate of drug-likeness (QED) is 0.697. The first-order valence-corrected chi connectivity index (χ1v) is 11.1. The first-order valence-electron chi connectivity index (χ1n) is 9.26. The van der Waals surface area contributed by atoms with Crippen molar-refractivity contribution in [1.29, 1.82) is 0 Å². The summed E-state index contributed by atoms with van der Waals surface area (Å²) in [4.78, 5) is 16.9. The average molecular weight is 411 g/mol. The third-order valence-electron chi connectivity index (χ3n) is 4.89. The number of nitrogens with one attached hydrogen (secondary N) is 1. The van der Waals surface area contributed by atoms with Crippen LogP contribution in [0.15, 0.2) is 59.2 Å². The third kappa shape index (κ3) is 4.38. The topological polar surface area (TPSA) is 92.5 Å². The molecule has 8 heteroatoms. The predicted octanol–water partition coefficient (Wildman–Crippen LogP) is 2.84. The summed E-state index contributed by atoms with van der Waals surface area (Å²) in [5, 5.41) is 2.93. The molecule has 0 saturated heterocycles. The molecule has 0 radical (unpaired) electrons. The van der Waals surface area contributed by atoms with E-state index in [1.165, 1.54) is 16.8 Å². The zero-order chi connectivity index (χ0) is 20.4. The number of carbonyl (C=O) groups excluding carboxylic acids is 1. The minimum Gasteiger partial charge on any atom is -0.444 e. The molecule has 1 amide bonds. The molecule has 3 aromatic rings. The van der Waals surface area contributed by atoms with Gasteiger partial charge < -0.3 is 9.73 Å². The molecule has 150 valence electrons. The van der Waals surface area contributed by atoms with Gasteiger partial charge in [-0.15, -0.1) is 0 Å². The van der Waals surface area contributed by atoms with Crippen LogP contribution < -0.4 is 5.32 Å². The Kier molecular flexibility index (Phi) is 5.21. The van der Waals surface area contributed by atoms with Gasteiger partial charge in [-0.25, -0.2) is 13.4 Å². The lowest BCUT2D eigenvalue weighted by molar-refractivity contribution is -0.115. The first kappa shape index (κ1) is 19.4. The zero-order valence-electron chi connectivity index (χ0n) is 16.0. The lowest BCUT2D eigenvalue weighted by Crippen LogP contribution is -2.35. The Morgan fingerprint density at radius 3 is 2.72 bits per heavy atom. The molecule has 4 rings (SSSR count). The van der Waals surface area contributed by atoms with E-state index in [0.717, 1.165) is 16.7 Å². The highest BCUT2D eigenvalue weighted by atomic mass is 32.2. The number of fused-ring (bicyclic) bond motifs is 1. The van der Waals surface area contributed by atoms with Crippen LogP contribution in [-0.2, 0) is 34.2 Å². The highest BCUT2D eigenvalue weighted by Gasteiger charge is 2.25. The number of benzene rings is 2. The van der Waals surface area contributed by atoms with Crippen LogP contribution in [0, 0.1) is 0 Å². The monoisotopic (exact) mass is 411 g/mol. The number of oxazole rings is 1. The largest absolute Gasteiger partial charge is 0.444 e. The molecule has 0 unspecified atom stereocenters. The van der Waals surface area contributed by atoms with E-state index in [0.29, 0.717) is 36.8 Å². The molecule has 1 aromatic heterocycles. The molecular weight excluding hydrogens is 390 g/mol. The van der Waals surface area contributed by atoms with Gasteiger partial charge in [0.05, 0.1) is 18.4 Å². The fourth-order valence-corrected chi connectivity index (χ4v) is 4.24. The van der Waals surface area contributed by atoms with E-state index < -0.39 is 10.0 Å². The maximum atomic E-state index is 12.5. The zero-order valence-corrected chi connectivity index (χ0v) is 16.8. The summed E-state index contributed by atoms with van der Waals surface area (Å²) < 4.78 is 30.5. The van der Waals surface area contributed by atoms with Crippen LogP contribution in [0.3, 0.4) is 0 Å². The predicted molar refractivity (Wildman–Crippen MR) is 110 cm³/mol. The Morgan fingerprint density at radius 1 is 1.17 bits per heavy atom.